The molecule has 1 spiro atoms. The fourth-order valence-corrected chi connectivity index (χ4v) is 5.20. The van der Waals surface area contributed by atoms with Gasteiger partial charge in [-0.15, -0.1) is 0 Å². The number of rotatable bonds is 4. The second-order valence-corrected chi connectivity index (χ2v) is 8.66. The molecule has 5 rings (SSSR count). The number of aryl methyl sites for hydroxylation is 1. The number of carbonyl (C=O) groups is 3. The first-order valence-electron chi connectivity index (χ1n) is 11.0. The van der Waals surface area contributed by atoms with Crippen LogP contribution in [0.4, 0.5) is 5.69 Å². The summed E-state index contributed by atoms with van der Waals surface area (Å²) >= 11 is 0. The standard InChI is InChI=1S/C24H25N5O3/c1-3-16-5-4-6-19-20(16)24(23(32)29(19)14-15(2)30)7-9-28(10-8-24)22(31)18-11-17-13-26-27-21(17)25-12-18/h4-6,11-13H,3,7-10,14H2,1-2H3,(H,25,26,27). The van der Waals surface area contributed by atoms with Crippen molar-refractivity contribution in [1.82, 2.24) is 20.1 Å². The third kappa shape index (κ3) is 3.01. The summed E-state index contributed by atoms with van der Waals surface area (Å²) in [6.07, 6.45) is 5.10. The Kier molecular flexibility index (Phi) is 4.80. The minimum atomic E-state index is -0.680. The molecule has 8 nitrogen and oxygen atoms in total. The number of amides is 2. The zero-order chi connectivity index (χ0) is 22.5. The Morgan fingerprint density at radius 2 is 1.97 bits per heavy atom. The van der Waals surface area contributed by atoms with E-state index >= 15 is 0 Å². The Balaban J connectivity index is 1.44. The third-order valence-electron chi connectivity index (χ3n) is 6.76. The van der Waals surface area contributed by atoms with Gasteiger partial charge in [-0.25, -0.2) is 4.98 Å². The maximum absolute atomic E-state index is 13.7. The molecular formula is C24H25N5O3. The summed E-state index contributed by atoms with van der Waals surface area (Å²) in [5.74, 6) is -0.152. The van der Waals surface area contributed by atoms with Gasteiger partial charge < -0.3 is 9.80 Å². The Hall–Kier alpha value is -3.55. The number of hydrogen-bond donors (Lipinski definition) is 1. The molecule has 1 saturated heterocycles. The van der Waals surface area contributed by atoms with E-state index in [-0.39, 0.29) is 24.1 Å². The summed E-state index contributed by atoms with van der Waals surface area (Å²) < 4.78 is 0. The fraction of sp³-hybridized carbons (Fsp3) is 0.375. The van der Waals surface area contributed by atoms with Crippen molar-refractivity contribution in [3.8, 4) is 0 Å². The predicted octanol–water partition coefficient (Wildman–Crippen LogP) is 2.63. The minimum Gasteiger partial charge on any atom is -0.339 e. The summed E-state index contributed by atoms with van der Waals surface area (Å²) in [6.45, 7) is 4.62. The highest BCUT2D eigenvalue weighted by Crippen LogP contribution is 2.49. The van der Waals surface area contributed by atoms with Gasteiger partial charge >= 0.3 is 0 Å². The van der Waals surface area contributed by atoms with Gasteiger partial charge in [-0.3, -0.25) is 19.5 Å². The van der Waals surface area contributed by atoms with Crippen molar-refractivity contribution in [2.75, 3.05) is 24.5 Å². The molecule has 2 amide bonds. The van der Waals surface area contributed by atoms with Crippen LogP contribution in [0.15, 0.2) is 36.7 Å². The molecule has 0 saturated carbocycles. The van der Waals surface area contributed by atoms with Crippen molar-refractivity contribution in [2.45, 2.75) is 38.5 Å². The minimum absolute atomic E-state index is 0.0165. The molecule has 0 aliphatic carbocycles. The van der Waals surface area contributed by atoms with Crippen LogP contribution in [0.2, 0.25) is 0 Å². The van der Waals surface area contributed by atoms with Crippen molar-refractivity contribution in [3.05, 3.63) is 53.3 Å². The Morgan fingerprint density at radius 1 is 1.19 bits per heavy atom. The highest BCUT2D eigenvalue weighted by molar-refractivity contribution is 6.11. The number of Topliss-reactive ketones (excluding diaryl/α,β-unsaturated/α-hetero) is 1. The van der Waals surface area contributed by atoms with Crippen LogP contribution >= 0.6 is 0 Å². The Morgan fingerprint density at radius 3 is 2.69 bits per heavy atom. The fourth-order valence-electron chi connectivity index (χ4n) is 5.20. The molecule has 3 aromatic rings. The zero-order valence-electron chi connectivity index (χ0n) is 18.2. The SMILES string of the molecule is CCc1cccc2c1C1(CCN(C(=O)c3cnc4[nH]ncc4c3)CC1)C(=O)N2CC(C)=O. The second-order valence-electron chi connectivity index (χ2n) is 8.66. The number of aromatic nitrogens is 3. The van der Waals surface area contributed by atoms with E-state index in [1.807, 2.05) is 12.1 Å². The summed E-state index contributed by atoms with van der Waals surface area (Å²) in [4.78, 5) is 46.4. The van der Waals surface area contributed by atoms with Gasteiger partial charge in [-0.05, 0) is 49.4 Å². The third-order valence-corrected chi connectivity index (χ3v) is 6.76. The molecule has 2 aliphatic rings. The highest BCUT2D eigenvalue weighted by Gasteiger charge is 2.53. The first-order valence-corrected chi connectivity index (χ1v) is 11.0. The van der Waals surface area contributed by atoms with Gasteiger partial charge in [-0.2, -0.15) is 5.10 Å². The van der Waals surface area contributed by atoms with Gasteiger partial charge in [0.25, 0.3) is 5.91 Å². The molecule has 1 fully saturated rings. The molecule has 0 radical (unpaired) electrons. The lowest BCUT2D eigenvalue weighted by Gasteiger charge is -2.39. The van der Waals surface area contributed by atoms with E-state index in [2.05, 4.69) is 28.2 Å². The number of hydrogen-bond acceptors (Lipinski definition) is 5. The van der Waals surface area contributed by atoms with Gasteiger partial charge in [0.05, 0.1) is 23.7 Å². The molecule has 2 aromatic heterocycles. The van der Waals surface area contributed by atoms with Gasteiger partial charge in [0.1, 0.15) is 5.78 Å². The highest BCUT2D eigenvalue weighted by atomic mass is 16.2. The number of likely N-dealkylation sites (tertiary alicyclic amines) is 1. The summed E-state index contributed by atoms with van der Waals surface area (Å²) in [5, 5.41) is 7.53. The van der Waals surface area contributed by atoms with Gasteiger partial charge in [-0.1, -0.05) is 19.1 Å². The maximum Gasteiger partial charge on any atom is 0.255 e. The number of benzene rings is 1. The summed E-state index contributed by atoms with van der Waals surface area (Å²) in [6, 6.07) is 7.75. The van der Waals surface area contributed by atoms with Crippen LogP contribution in [-0.4, -0.2) is 57.3 Å². The molecule has 4 heterocycles. The number of piperidine rings is 1. The molecule has 0 atom stereocenters. The van der Waals surface area contributed by atoms with Crippen LogP contribution in [0.3, 0.4) is 0 Å². The lowest BCUT2D eigenvalue weighted by Crippen LogP contribution is -2.50. The number of carbonyl (C=O) groups excluding carboxylic acids is 3. The smallest absolute Gasteiger partial charge is 0.255 e. The van der Waals surface area contributed by atoms with E-state index < -0.39 is 5.41 Å². The number of anilines is 1. The van der Waals surface area contributed by atoms with E-state index in [0.29, 0.717) is 37.1 Å². The number of fused-ring (bicyclic) bond motifs is 3. The van der Waals surface area contributed by atoms with Crippen LogP contribution in [-0.2, 0) is 21.4 Å². The number of ketones is 1. The molecule has 164 valence electrons. The van der Waals surface area contributed by atoms with Gasteiger partial charge in [0.2, 0.25) is 5.91 Å². The summed E-state index contributed by atoms with van der Waals surface area (Å²) in [5.41, 5.74) is 3.50. The van der Waals surface area contributed by atoms with Gasteiger partial charge in [0, 0.05) is 30.4 Å². The first-order chi connectivity index (χ1) is 15.4. The topological polar surface area (TPSA) is 99.3 Å². The zero-order valence-corrected chi connectivity index (χ0v) is 18.2. The van der Waals surface area contributed by atoms with E-state index in [1.54, 1.807) is 28.3 Å². The second kappa shape index (κ2) is 7.55. The normalized spacial score (nSPS) is 17.2. The lowest BCUT2D eigenvalue weighted by molar-refractivity contribution is -0.126. The molecule has 8 heteroatoms. The van der Waals surface area contributed by atoms with Crippen molar-refractivity contribution in [3.63, 3.8) is 0 Å². The van der Waals surface area contributed by atoms with Crippen molar-refractivity contribution in [2.24, 2.45) is 0 Å². The number of nitrogens with one attached hydrogen (secondary N) is 1. The largest absolute Gasteiger partial charge is 0.339 e. The van der Waals surface area contributed by atoms with E-state index in [4.69, 9.17) is 0 Å². The number of pyridine rings is 1. The van der Waals surface area contributed by atoms with Crippen LogP contribution < -0.4 is 4.90 Å². The van der Waals surface area contributed by atoms with Crippen LogP contribution in [0.25, 0.3) is 11.0 Å². The first kappa shape index (κ1) is 20.4. The van der Waals surface area contributed by atoms with Crippen LogP contribution in [0.5, 0.6) is 0 Å². The molecule has 2 aliphatic heterocycles. The van der Waals surface area contributed by atoms with Gasteiger partial charge in [0.15, 0.2) is 5.65 Å². The van der Waals surface area contributed by atoms with Crippen molar-refractivity contribution < 1.29 is 14.4 Å². The average molecular weight is 431 g/mol. The molecular weight excluding hydrogens is 406 g/mol. The number of aromatic amines is 1. The Labute approximate surface area is 185 Å². The lowest BCUT2D eigenvalue weighted by atomic mass is 9.71. The Bertz CT molecular complexity index is 1240. The number of nitrogens with zero attached hydrogens (tertiary/aromatic N) is 4. The van der Waals surface area contributed by atoms with Crippen LogP contribution in [0.1, 0.15) is 48.2 Å². The average Bonchev–Trinajstić information content (AvgIpc) is 3.36. The molecule has 32 heavy (non-hydrogen) atoms. The molecule has 0 bridgehead atoms. The van der Waals surface area contributed by atoms with E-state index in [9.17, 15) is 14.4 Å². The number of H-pyrrole nitrogens is 1. The maximum atomic E-state index is 13.7. The molecule has 0 unspecified atom stereocenters. The quantitative estimate of drug-likeness (QED) is 0.685. The monoisotopic (exact) mass is 431 g/mol. The van der Waals surface area contributed by atoms with Crippen molar-refractivity contribution in [1.29, 1.82) is 0 Å². The van der Waals surface area contributed by atoms with Crippen molar-refractivity contribution >= 4 is 34.3 Å². The van der Waals surface area contributed by atoms with E-state index in [0.717, 1.165) is 28.6 Å². The van der Waals surface area contributed by atoms with E-state index in [1.165, 1.54) is 6.92 Å². The molecule has 1 N–H and O–H groups in total. The van der Waals surface area contributed by atoms with Crippen LogP contribution in [0, 0.1) is 0 Å². The predicted molar refractivity (Wildman–Crippen MR) is 120 cm³/mol. The molecule has 1 aromatic carbocycles. The summed E-state index contributed by atoms with van der Waals surface area (Å²) in [7, 11) is 0.